The van der Waals surface area contributed by atoms with Crippen LogP contribution in [-0.2, 0) is 42.7 Å². The minimum Gasteiger partial charge on any atom is -0.509 e. The Hall–Kier alpha value is -5.12. The predicted octanol–water partition coefficient (Wildman–Crippen LogP) is 15.1. The van der Waals surface area contributed by atoms with Crippen LogP contribution in [0.1, 0.15) is 125 Å². The van der Waals surface area contributed by atoms with Crippen LogP contribution in [0.5, 0.6) is 11.5 Å². The summed E-state index contributed by atoms with van der Waals surface area (Å²) < 4.78 is 9.39. The quantitative estimate of drug-likeness (QED) is 0.149. The Morgan fingerprint density at radius 1 is 0.571 bits per heavy atom. The van der Waals surface area contributed by atoms with Gasteiger partial charge in [0.2, 0.25) is 0 Å². The number of pyridine rings is 1. The molecule has 1 aliphatic heterocycles. The first kappa shape index (κ1) is 45.9. The first-order valence-electron chi connectivity index (χ1n) is 22.0. The molecule has 0 radical (unpaired) electrons. The Balaban J connectivity index is 0.00000595. The molecule has 0 fully saturated rings. The molecule has 2 aromatic heterocycles. The molecule has 0 aliphatic carbocycles. The van der Waals surface area contributed by atoms with E-state index in [0.29, 0.717) is 11.5 Å². The molecule has 63 heavy (non-hydrogen) atoms. The van der Waals surface area contributed by atoms with Crippen molar-refractivity contribution >= 4 is 33.2 Å². The van der Waals surface area contributed by atoms with E-state index < -0.39 is 5.41 Å². The second-order valence-corrected chi connectivity index (χ2v) is 21.7. The molecular formula is C57H63N4OPt-3. The molecule has 0 amide bonds. The summed E-state index contributed by atoms with van der Waals surface area (Å²) in [6, 6.07) is 46.8. The van der Waals surface area contributed by atoms with Crippen LogP contribution in [-0.4, -0.2) is 9.55 Å². The summed E-state index contributed by atoms with van der Waals surface area (Å²) in [5.41, 5.74) is 10.5. The number of aromatic nitrogens is 2. The van der Waals surface area contributed by atoms with Crippen molar-refractivity contribution in [3.63, 3.8) is 0 Å². The fraction of sp³-hybridized carbons (Fsp3) is 0.333. The zero-order valence-electron chi connectivity index (χ0n) is 39.6. The molecule has 0 N–H and O–H groups in total. The summed E-state index contributed by atoms with van der Waals surface area (Å²) in [4.78, 5) is 9.53. The molecule has 8 rings (SSSR count). The molecule has 0 atom stereocenters. The summed E-state index contributed by atoms with van der Waals surface area (Å²) >= 11 is 0. The average molecular weight is 1020 g/mol. The number of para-hydroxylation sites is 1. The number of ether oxygens (including phenoxy) is 1. The van der Waals surface area contributed by atoms with Gasteiger partial charge < -0.3 is 19.1 Å². The number of hydrogen-bond acceptors (Lipinski definition) is 4. The van der Waals surface area contributed by atoms with E-state index in [2.05, 4.69) is 245 Å². The molecule has 0 bridgehead atoms. The van der Waals surface area contributed by atoms with E-state index in [-0.39, 0.29) is 42.7 Å². The van der Waals surface area contributed by atoms with Crippen molar-refractivity contribution in [2.24, 2.45) is 5.41 Å². The van der Waals surface area contributed by atoms with E-state index >= 15 is 0 Å². The number of nitrogens with zero attached hydrogens (tertiary/aromatic N) is 4. The third-order valence-electron chi connectivity index (χ3n) is 12.4. The minimum atomic E-state index is -0.394. The van der Waals surface area contributed by atoms with Crippen LogP contribution in [0.2, 0.25) is 0 Å². The monoisotopic (exact) mass is 1010 g/mol. The largest absolute Gasteiger partial charge is 0.509 e. The molecule has 0 unspecified atom stereocenters. The summed E-state index contributed by atoms with van der Waals surface area (Å²) in [6.45, 7) is 33.9. The van der Waals surface area contributed by atoms with Gasteiger partial charge >= 0.3 is 0 Å². The van der Waals surface area contributed by atoms with E-state index in [1.165, 1.54) is 22.4 Å². The van der Waals surface area contributed by atoms with E-state index in [9.17, 15) is 0 Å². The summed E-state index contributed by atoms with van der Waals surface area (Å²) in [5.74, 6) is 2.11. The van der Waals surface area contributed by atoms with Gasteiger partial charge in [-0.25, -0.2) is 4.98 Å². The fourth-order valence-electron chi connectivity index (χ4n) is 8.49. The van der Waals surface area contributed by atoms with Gasteiger partial charge in [-0.05, 0) is 80.3 Å². The van der Waals surface area contributed by atoms with Gasteiger partial charge in [-0.3, -0.25) is 0 Å². The van der Waals surface area contributed by atoms with Crippen molar-refractivity contribution in [1.29, 1.82) is 0 Å². The predicted molar refractivity (Wildman–Crippen MR) is 261 cm³/mol. The van der Waals surface area contributed by atoms with Gasteiger partial charge in [0.05, 0.1) is 0 Å². The maximum absolute atomic E-state index is 7.13. The third kappa shape index (κ3) is 9.01. The Bertz CT molecular complexity index is 2820. The van der Waals surface area contributed by atoms with Gasteiger partial charge in [0.15, 0.2) is 0 Å². The Morgan fingerprint density at radius 3 is 1.86 bits per heavy atom. The standard InChI is InChI=1S/C57H63N4O.Pt/c1-53(2,3)39-23-20-24-42(29-39)59-36-50(56(10,11)12)60(37-59)43-30-41(55(7,8)9)31-44(33-43)62-45-34-47(57(13,14)38-21-16-15-17-22-38)52-46-25-18-19-26-48(46)61(49(52)35-45)51-32-40(27-28-58-51)54(4,5)6;/h15-32,34,36-37H,1-14H3;/q-3;. The van der Waals surface area contributed by atoms with Crippen molar-refractivity contribution in [3.05, 3.63) is 174 Å². The number of allylic oxidation sites excluding steroid dienone is 1. The van der Waals surface area contributed by atoms with Crippen molar-refractivity contribution < 1.29 is 25.8 Å². The molecule has 3 heterocycles. The van der Waals surface area contributed by atoms with Crippen LogP contribution in [0.3, 0.4) is 0 Å². The van der Waals surface area contributed by atoms with Crippen LogP contribution in [0.4, 0.5) is 11.4 Å². The molecule has 0 saturated carbocycles. The van der Waals surface area contributed by atoms with Crippen LogP contribution in [0, 0.1) is 24.2 Å². The first-order chi connectivity index (χ1) is 29.0. The molecule has 330 valence electrons. The van der Waals surface area contributed by atoms with Gasteiger partial charge in [0.25, 0.3) is 0 Å². The summed E-state index contributed by atoms with van der Waals surface area (Å²) in [6.07, 6.45) is 4.19. The van der Waals surface area contributed by atoms with Gasteiger partial charge in [-0.15, -0.1) is 53.8 Å². The smallest absolute Gasteiger partial charge is 0.135 e. The molecule has 5 nitrogen and oxygen atoms in total. The molecule has 1 aliphatic rings. The molecular weight excluding hydrogens is 952 g/mol. The van der Waals surface area contributed by atoms with Gasteiger partial charge in [0.1, 0.15) is 5.82 Å². The van der Waals surface area contributed by atoms with E-state index in [1.807, 2.05) is 6.20 Å². The minimum absolute atomic E-state index is 0. The maximum atomic E-state index is 7.13. The Kier molecular flexibility index (Phi) is 12.0. The number of hydrogen-bond donors (Lipinski definition) is 0. The molecule has 7 aromatic rings. The number of anilines is 2. The normalized spacial score (nSPS) is 14.0. The second-order valence-electron chi connectivity index (χ2n) is 21.7. The van der Waals surface area contributed by atoms with Crippen molar-refractivity contribution in [3.8, 4) is 17.3 Å². The number of fused-ring (bicyclic) bond motifs is 3. The molecule has 5 aromatic carbocycles. The second kappa shape index (κ2) is 16.5. The molecule has 6 heteroatoms. The van der Waals surface area contributed by atoms with Crippen LogP contribution in [0.25, 0.3) is 27.6 Å². The maximum Gasteiger partial charge on any atom is 0.135 e. The number of benzene rings is 5. The Morgan fingerprint density at radius 2 is 1.19 bits per heavy atom. The van der Waals surface area contributed by atoms with Gasteiger partial charge in [-0.1, -0.05) is 168 Å². The van der Waals surface area contributed by atoms with Crippen molar-refractivity contribution in [2.75, 3.05) is 9.80 Å². The van der Waals surface area contributed by atoms with E-state index in [0.717, 1.165) is 50.1 Å². The first-order valence-corrected chi connectivity index (χ1v) is 22.0. The van der Waals surface area contributed by atoms with E-state index in [1.54, 1.807) is 0 Å². The van der Waals surface area contributed by atoms with Gasteiger partial charge in [0, 0.05) is 61.1 Å². The zero-order valence-corrected chi connectivity index (χ0v) is 41.9. The number of rotatable bonds is 7. The van der Waals surface area contributed by atoms with Gasteiger partial charge in [-0.2, -0.15) is 0 Å². The van der Waals surface area contributed by atoms with Crippen molar-refractivity contribution in [2.45, 2.75) is 119 Å². The SMILES string of the molecule is CC(C)(C)C1=CN(c2cccc(C(C)(C)C)c2)[CH-]N1c1[c-]c(Oc2[c-]c3c(c(C(C)(C)c4ccccc4)c2)c2ccccc2n3-c2cc(C(C)(C)C)ccn2)cc(C(C)(C)C)c1.[Pt]. The zero-order chi connectivity index (χ0) is 44.6. The van der Waals surface area contributed by atoms with Crippen LogP contribution >= 0.6 is 0 Å². The summed E-state index contributed by atoms with van der Waals surface area (Å²) in [5, 5.41) is 2.29. The topological polar surface area (TPSA) is 33.5 Å². The van der Waals surface area contributed by atoms with Crippen molar-refractivity contribution in [1.82, 2.24) is 9.55 Å². The average Bonchev–Trinajstić information content (AvgIpc) is 3.81. The molecule has 0 spiro atoms. The van der Waals surface area contributed by atoms with E-state index in [4.69, 9.17) is 9.72 Å². The summed E-state index contributed by atoms with van der Waals surface area (Å²) in [7, 11) is 0. The van der Waals surface area contributed by atoms with Crippen LogP contribution in [0.15, 0.2) is 127 Å². The fourth-order valence-corrected chi connectivity index (χ4v) is 8.49. The van der Waals surface area contributed by atoms with Crippen LogP contribution < -0.4 is 14.5 Å². The third-order valence-corrected chi connectivity index (χ3v) is 12.4. The molecule has 0 saturated heterocycles. The Labute approximate surface area is 391 Å².